The number of nitrogens with zero attached hydrogens (tertiary/aromatic N) is 1. The van der Waals surface area contributed by atoms with Crippen LogP contribution in [-0.2, 0) is 6.54 Å². The molecule has 0 aliphatic rings. The van der Waals surface area contributed by atoms with Gasteiger partial charge in [-0.1, -0.05) is 55.5 Å². The van der Waals surface area contributed by atoms with E-state index < -0.39 is 0 Å². The lowest BCUT2D eigenvalue weighted by Crippen LogP contribution is -2.26. The molecule has 0 fully saturated rings. The lowest BCUT2D eigenvalue weighted by Gasteiger charge is -2.28. The summed E-state index contributed by atoms with van der Waals surface area (Å²) < 4.78 is 0. The molecule has 0 amide bonds. The second-order valence-electron chi connectivity index (χ2n) is 5.31. The number of anilines is 1. The average molecular weight is 282 g/mol. The Balaban J connectivity index is 2.29. The van der Waals surface area contributed by atoms with Gasteiger partial charge in [-0.3, -0.25) is 0 Å². The van der Waals surface area contributed by atoms with E-state index in [1.807, 2.05) is 7.05 Å². The zero-order chi connectivity index (χ0) is 15.1. The standard InChI is InChI=1S/C19H26N2/c1-4-18(20-3)17-13-9-10-14-19(17)21(5-2)15-16-11-7-6-8-12-16/h6-14,18,20H,4-5,15H2,1-3H3. The summed E-state index contributed by atoms with van der Waals surface area (Å²) >= 11 is 0. The Kier molecular flexibility index (Phi) is 5.82. The molecule has 0 heterocycles. The van der Waals surface area contributed by atoms with Crippen LogP contribution in [0.15, 0.2) is 54.6 Å². The van der Waals surface area contributed by atoms with Gasteiger partial charge in [-0.15, -0.1) is 0 Å². The van der Waals surface area contributed by atoms with Gasteiger partial charge in [-0.05, 0) is 37.6 Å². The van der Waals surface area contributed by atoms with E-state index in [2.05, 4.69) is 78.7 Å². The van der Waals surface area contributed by atoms with Crippen LogP contribution in [-0.4, -0.2) is 13.6 Å². The molecule has 112 valence electrons. The predicted molar refractivity (Wildman–Crippen MR) is 91.7 cm³/mol. The molecule has 1 unspecified atom stereocenters. The second-order valence-corrected chi connectivity index (χ2v) is 5.31. The van der Waals surface area contributed by atoms with Gasteiger partial charge >= 0.3 is 0 Å². The van der Waals surface area contributed by atoms with Gasteiger partial charge in [0.2, 0.25) is 0 Å². The van der Waals surface area contributed by atoms with Gasteiger partial charge in [0.1, 0.15) is 0 Å². The molecule has 0 radical (unpaired) electrons. The predicted octanol–water partition coefficient (Wildman–Crippen LogP) is 4.38. The number of nitrogens with one attached hydrogen (secondary N) is 1. The van der Waals surface area contributed by atoms with Crippen molar-refractivity contribution in [2.45, 2.75) is 32.9 Å². The lowest BCUT2D eigenvalue weighted by molar-refractivity contribution is 0.574. The van der Waals surface area contributed by atoms with Crippen molar-refractivity contribution in [3.05, 3.63) is 65.7 Å². The summed E-state index contributed by atoms with van der Waals surface area (Å²) in [6.07, 6.45) is 1.09. The highest BCUT2D eigenvalue weighted by Crippen LogP contribution is 2.29. The van der Waals surface area contributed by atoms with E-state index in [4.69, 9.17) is 0 Å². The summed E-state index contributed by atoms with van der Waals surface area (Å²) in [6.45, 7) is 6.41. The maximum absolute atomic E-state index is 3.42. The zero-order valence-corrected chi connectivity index (χ0v) is 13.3. The van der Waals surface area contributed by atoms with E-state index in [9.17, 15) is 0 Å². The van der Waals surface area contributed by atoms with Gasteiger partial charge in [0.05, 0.1) is 0 Å². The van der Waals surface area contributed by atoms with Gasteiger partial charge in [-0.2, -0.15) is 0 Å². The first-order chi connectivity index (χ1) is 10.3. The number of rotatable bonds is 7. The third kappa shape index (κ3) is 3.85. The average Bonchev–Trinajstić information content (AvgIpc) is 2.55. The van der Waals surface area contributed by atoms with E-state index in [1.54, 1.807) is 0 Å². The van der Waals surface area contributed by atoms with Crippen LogP contribution in [0, 0.1) is 0 Å². The van der Waals surface area contributed by atoms with Gasteiger partial charge in [-0.25, -0.2) is 0 Å². The maximum Gasteiger partial charge on any atom is 0.0429 e. The van der Waals surface area contributed by atoms with Gasteiger partial charge in [0.15, 0.2) is 0 Å². The normalized spacial score (nSPS) is 12.1. The SMILES string of the molecule is CCC(NC)c1ccccc1N(CC)Cc1ccccc1. The summed E-state index contributed by atoms with van der Waals surface area (Å²) in [5.74, 6) is 0. The Morgan fingerprint density at radius 2 is 1.62 bits per heavy atom. The minimum absolute atomic E-state index is 0.408. The van der Waals surface area contributed by atoms with Gasteiger partial charge < -0.3 is 10.2 Å². The molecule has 0 saturated carbocycles. The van der Waals surface area contributed by atoms with Crippen molar-refractivity contribution < 1.29 is 0 Å². The molecular weight excluding hydrogens is 256 g/mol. The number of hydrogen-bond donors (Lipinski definition) is 1. The van der Waals surface area contributed by atoms with Crippen LogP contribution in [0.5, 0.6) is 0 Å². The number of para-hydroxylation sites is 1. The number of benzene rings is 2. The monoisotopic (exact) mass is 282 g/mol. The molecule has 0 aromatic heterocycles. The fourth-order valence-electron chi connectivity index (χ4n) is 2.82. The molecule has 1 N–H and O–H groups in total. The van der Waals surface area contributed by atoms with Crippen LogP contribution in [0.2, 0.25) is 0 Å². The van der Waals surface area contributed by atoms with Crippen molar-refractivity contribution in [1.29, 1.82) is 0 Å². The first kappa shape index (κ1) is 15.6. The third-order valence-electron chi connectivity index (χ3n) is 4.01. The molecule has 0 saturated heterocycles. The summed E-state index contributed by atoms with van der Waals surface area (Å²) in [5.41, 5.74) is 4.08. The Morgan fingerprint density at radius 1 is 0.952 bits per heavy atom. The Labute approximate surface area is 128 Å². The zero-order valence-electron chi connectivity index (χ0n) is 13.3. The van der Waals surface area contributed by atoms with Crippen LogP contribution in [0.4, 0.5) is 5.69 Å². The van der Waals surface area contributed by atoms with E-state index in [0.717, 1.165) is 19.5 Å². The van der Waals surface area contributed by atoms with Crippen molar-refractivity contribution >= 4 is 5.69 Å². The smallest absolute Gasteiger partial charge is 0.0429 e. The largest absolute Gasteiger partial charge is 0.367 e. The highest BCUT2D eigenvalue weighted by molar-refractivity contribution is 5.55. The number of hydrogen-bond acceptors (Lipinski definition) is 2. The molecule has 2 aromatic carbocycles. The molecule has 0 bridgehead atoms. The van der Waals surface area contributed by atoms with Crippen LogP contribution >= 0.6 is 0 Å². The fraction of sp³-hybridized carbons (Fsp3) is 0.368. The first-order valence-electron chi connectivity index (χ1n) is 7.85. The summed E-state index contributed by atoms with van der Waals surface area (Å²) in [7, 11) is 2.04. The quantitative estimate of drug-likeness (QED) is 0.810. The summed E-state index contributed by atoms with van der Waals surface area (Å²) in [4.78, 5) is 2.45. The van der Waals surface area contributed by atoms with Gasteiger partial charge in [0, 0.05) is 24.8 Å². The summed E-state index contributed by atoms with van der Waals surface area (Å²) in [5, 5.41) is 3.42. The van der Waals surface area contributed by atoms with Crippen LogP contribution in [0.25, 0.3) is 0 Å². The molecule has 2 aromatic rings. The Hall–Kier alpha value is -1.80. The van der Waals surface area contributed by atoms with Crippen LogP contribution in [0.3, 0.4) is 0 Å². The molecule has 21 heavy (non-hydrogen) atoms. The highest BCUT2D eigenvalue weighted by atomic mass is 15.1. The molecule has 0 spiro atoms. The fourth-order valence-corrected chi connectivity index (χ4v) is 2.82. The first-order valence-corrected chi connectivity index (χ1v) is 7.85. The van der Waals surface area contributed by atoms with E-state index in [1.165, 1.54) is 16.8 Å². The third-order valence-corrected chi connectivity index (χ3v) is 4.01. The van der Waals surface area contributed by atoms with E-state index in [-0.39, 0.29) is 0 Å². The molecule has 2 heteroatoms. The molecule has 0 aliphatic heterocycles. The van der Waals surface area contributed by atoms with Crippen molar-refractivity contribution in [2.24, 2.45) is 0 Å². The van der Waals surface area contributed by atoms with Crippen molar-refractivity contribution in [3.8, 4) is 0 Å². The minimum Gasteiger partial charge on any atom is -0.367 e. The molecule has 1 atom stereocenters. The Bertz CT molecular complexity index is 532. The Morgan fingerprint density at radius 3 is 2.24 bits per heavy atom. The molecular formula is C19H26N2. The second kappa shape index (κ2) is 7.84. The summed E-state index contributed by atoms with van der Waals surface area (Å²) in [6, 6.07) is 19.8. The van der Waals surface area contributed by atoms with Crippen molar-refractivity contribution in [3.63, 3.8) is 0 Å². The van der Waals surface area contributed by atoms with Crippen LogP contribution < -0.4 is 10.2 Å². The molecule has 2 rings (SSSR count). The van der Waals surface area contributed by atoms with E-state index in [0.29, 0.717) is 6.04 Å². The van der Waals surface area contributed by atoms with Crippen LogP contribution in [0.1, 0.15) is 37.4 Å². The minimum atomic E-state index is 0.408. The topological polar surface area (TPSA) is 15.3 Å². The molecule has 0 aliphatic carbocycles. The maximum atomic E-state index is 3.42. The van der Waals surface area contributed by atoms with Crippen molar-refractivity contribution in [1.82, 2.24) is 5.32 Å². The van der Waals surface area contributed by atoms with E-state index >= 15 is 0 Å². The molecule has 2 nitrogen and oxygen atoms in total. The van der Waals surface area contributed by atoms with Crippen molar-refractivity contribution in [2.75, 3.05) is 18.5 Å². The highest BCUT2D eigenvalue weighted by Gasteiger charge is 2.15. The van der Waals surface area contributed by atoms with Gasteiger partial charge in [0.25, 0.3) is 0 Å². The lowest BCUT2D eigenvalue weighted by atomic mass is 10.0.